The van der Waals surface area contributed by atoms with Gasteiger partial charge in [0.1, 0.15) is 17.8 Å². The molecule has 10 heteroatoms. The van der Waals surface area contributed by atoms with Gasteiger partial charge in [0.2, 0.25) is 0 Å². The number of piperazine rings is 1. The van der Waals surface area contributed by atoms with E-state index in [4.69, 9.17) is 0 Å². The molecule has 1 fully saturated rings. The lowest BCUT2D eigenvalue weighted by molar-refractivity contribution is -0.138. The maximum Gasteiger partial charge on any atom is 0.417 e. The van der Waals surface area contributed by atoms with Crippen LogP contribution in [0.5, 0.6) is 0 Å². The van der Waals surface area contributed by atoms with Crippen LogP contribution in [0.4, 0.5) is 29.2 Å². The molecule has 0 amide bonds. The van der Waals surface area contributed by atoms with E-state index in [0.717, 1.165) is 16.9 Å². The van der Waals surface area contributed by atoms with Crippen molar-refractivity contribution in [1.29, 1.82) is 0 Å². The number of nitrogens with zero attached hydrogens (tertiary/aromatic N) is 6. The summed E-state index contributed by atoms with van der Waals surface area (Å²) in [7, 11) is 1.90. The van der Waals surface area contributed by atoms with Crippen molar-refractivity contribution < 1.29 is 17.6 Å². The molecule has 0 bridgehead atoms. The SMILES string of the molecule is Cn1ccc2c(N3CCN(c4ncc(C(F)(F)F)cc4F)CC3)ncnc21. The molecule has 0 N–H and O–H groups in total. The Balaban J connectivity index is 1.52. The molecule has 0 spiro atoms. The third kappa shape index (κ3) is 3.15. The third-order valence-electron chi connectivity index (χ3n) is 4.67. The quantitative estimate of drug-likeness (QED) is 0.640. The zero-order valence-electron chi connectivity index (χ0n) is 14.4. The number of anilines is 2. The smallest absolute Gasteiger partial charge is 0.352 e. The van der Waals surface area contributed by atoms with Gasteiger partial charge in [0.05, 0.1) is 10.9 Å². The van der Waals surface area contributed by atoms with Gasteiger partial charge in [-0.2, -0.15) is 13.2 Å². The average molecular weight is 380 g/mol. The van der Waals surface area contributed by atoms with Crippen LogP contribution in [0.2, 0.25) is 0 Å². The Labute approximate surface area is 152 Å². The van der Waals surface area contributed by atoms with Crippen LogP contribution in [0.25, 0.3) is 11.0 Å². The molecule has 0 unspecified atom stereocenters. The van der Waals surface area contributed by atoms with Crippen molar-refractivity contribution in [3.63, 3.8) is 0 Å². The van der Waals surface area contributed by atoms with Crippen molar-refractivity contribution in [3.8, 4) is 0 Å². The molecular formula is C17H16F4N6. The number of rotatable bonds is 2. The van der Waals surface area contributed by atoms with Crippen LogP contribution in [0.15, 0.2) is 30.9 Å². The summed E-state index contributed by atoms with van der Waals surface area (Å²) >= 11 is 0. The van der Waals surface area contributed by atoms with Crippen LogP contribution in [0.3, 0.4) is 0 Å². The van der Waals surface area contributed by atoms with Crippen LogP contribution in [-0.2, 0) is 13.2 Å². The maximum absolute atomic E-state index is 14.2. The molecule has 1 saturated heterocycles. The van der Waals surface area contributed by atoms with Crippen LogP contribution in [0.1, 0.15) is 5.56 Å². The summed E-state index contributed by atoms with van der Waals surface area (Å²) in [4.78, 5) is 16.0. The predicted octanol–water partition coefficient (Wildman–Crippen LogP) is 2.85. The van der Waals surface area contributed by atoms with Gasteiger partial charge in [0.15, 0.2) is 11.6 Å². The minimum atomic E-state index is -4.61. The van der Waals surface area contributed by atoms with Gasteiger partial charge < -0.3 is 14.4 Å². The molecule has 4 rings (SSSR count). The Morgan fingerprint density at radius 3 is 2.26 bits per heavy atom. The van der Waals surface area contributed by atoms with E-state index in [9.17, 15) is 17.6 Å². The highest BCUT2D eigenvalue weighted by molar-refractivity contribution is 5.87. The predicted molar refractivity (Wildman–Crippen MR) is 92.1 cm³/mol. The average Bonchev–Trinajstić information content (AvgIpc) is 3.02. The minimum absolute atomic E-state index is 0.0600. The zero-order valence-corrected chi connectivity index (χ0v) is 14.4. The van der Waals surface area contributed by atoms with E-state index in [1.165, 1.54) is 6.33 Å². The van der Waals surface area contributed by atoms with E-state index in [-0.39, 0.29) is 5.82 Å². The molecule has 0 saturated carbocycles. The van der Waals surface area contributed by atoms with Gasteiger partial charge in [-0.25, -0.2) is 19.3 Å². The monoisotopic (exact) mass is 380 g/mol. The van der Waals surface area contributed by atoms with Crippen LogP contribution in [0, 0.1) is 5.82 Å². The molecular weight excluding hydrogens is 364 g/mol. The van der Waals surface area contributed by atoms with Gasteiger partial charge in [0.25, 0.3) is 0 Å². The summed E-state index contributed by atoms with van der Waals surface area (Å²) in [5, 5.41) is 0.923. The Hall–Kier alpha value is -2.91. The van der Waals surface area contributed by atoms with Crippen LogP contribution >= 0.6 is 0 Å². The van der Waals surface area contributed by atoms with Gasteiger partial charge in [-0.1, -0.05) is 0 Å². The molecule has 27 heavy (non-hydrogen) atoms. The molecule has 4 heterocycles. The van der Waals surface area contributed by atoms with E-state index in [1.54, 1.807) is 4.90 Å². The topological polar surface area (TPSA) is 50.1 Å². The second-order valence-electron chi connectivity index (χ2n) is 6.36. The highest BCUT2D eigenvalue weighted by atomic mass is 19.4. The Morgan fingerprint density at radius 1 is 0.963 bits per heavy atom. The zero-order chi connectivity index (χ0) is 19.2. The molecule has 6 nitrogen and oxygen atoms in total. The summed E-state index contributed by atoms with van der Waals surface area (Å²) in [6.45, 7) is 1.94. The van der Waals surface area contributed by atoms with Crippen molar-refractivity contribution in [1.82, 2.24) is 19.5 Å². The van der Waals surface area contributed by atoms with Gasteiger partial charge in [-0.05, 0) is 12.1 Å². The van der Waals surface area contributed by atoms with E-state index in [2.05, 4.69) is 19.9 Å². The van der Waals surface area contributed by atoms with E-state index < -0.39 is 17.6 Å². The lowest BCUT2D eigenvalue weighted by Gasteiger charge is -2.36. The molecule has 3 aromatic rings. The number of halogens is 4. The molecule has 0 aromatic carbocycles. The molecule has 1 aliphatic heterocycles. The van der Waals surface area contributed by atoms with Crippen molar-refractivity contribution in [2.75, 3.05) is 36.0 Å². The van der Waals surface area contributed by atoms with Crippen molar-refractivity contribution in [2.24, 2.45) is 7.05 Å². The fraction of sp³-hybridized carbons (Fsp3) is 0.353. The normalized spacial score (nSPS) is 15.6. The number of aryl methyl sites for hydroxylation is 1. The Morgan fingerprint density at radius 2 is 1.63 bits per heavy atom. The van der Waals surface area contributed by atoms with Crippen LogP contribution < -0.4 is 9.80 Å². The fourth-order valence-corrected chi connectivity index (χ4v) is 3.26. The number of fused-ring (bicyclic) bond motifs is 1. The number of aromatic nitrogens is 4. The summed E-state index contributed by atoms with van der Waals surface area (Å²) < 4.78 is 54.1. The maximum atomic E-state index is 14.2. The van der Waals surface area contributed by atoms with E-state index in [0.29, 0.717) is 38.4 Å². The molecule has 0 atom stereocenters. The fourth-order valence-electron chi connectivity index (χ4n) is 3.26. The van der Waals surface area contributed by atoms with E-state index in [1.807, 2.05) is 23.9 Å². The molecule has 1 aliphatic rings. The van der Waals surface area contributed by atoms with E-state index >= 15 is 0 Å². The third-order valence-corrected chi connectivity index (χ3v) is 4.67. The van der Waals surface area contributed by atoms with Gasteiger partial charge >= 0.3 is 6.18 Å². The summed E-state index contributed by atoms with van der Waals surface area (Å²) in [5.41, 5.74) is -0.271. The highest BCUT2D eigenvalue weighted by Crippen LogP contribution is 2.31. The minimum Gasteiger partial charge on any atom is -0.352 e. The number of hydrogen-bond donors (Lipinski definition) is 0. The molecule has 142 valence electrons. The largest absolute Gasteiger partial charge is 0.417 e. The first kappa shape index (κ1) is 17.5. The summed E-state index contributed by atoms with van der Waals surface area (Å²) in [6.07, 6.45) is -0.538. The van der Waals surface area contributed by atoms with Crippen molar-refractivity contribution in [2.45, 2.75) is 6.18 Å². The van der Waals surface area contributed by atoms with Gasteiger partial charge in [-0.3, -0.25) is 0 Å². The summed E-state index contributed by atoms with van der Waals surface area (Å²) in [6, 6.07) is 2.43. The number of pyridine rings is 1. The first-order valence-electron chi connectivity index (χ1n) is 8.33. The number of hydrogen-bond acceptors (Lipinski definition) is 5. The highest BCUT2D eigenvalue weighted by Gasteiger charge is 2.33. The second kappa shape index (κ2) is 6.36. The lowest BCUT2D eigenvalue weighted by Crippen LogP contribution is -2.47. The first-order valence-corrected chi connectivity index (χ1v) is 8.33. The summed E-state index contributed by atoms with van der Waals surface area (Å²) in [5.74, 6) is -0.234. The Bertz CT molecular complexity index is 975. The first-order chi connectivity index (χ1) is 12.8. The standard InChI is InChI=1S/C17H16F4N6/c1-25-3-2-12-14(25)23-10-24-15(12)26-4-6-27(7-5-26)16-13(18)8-11(9-22-16)17(19,20)21/h2-3,8-10H,4-7H2,1H3. The van der Waals surface area contributed by atoms with Crippen molar-refractivity contribution in [3.05, 3.63) is 42.2 Å². The molecule has 3 aromatic heterocycles. The van der Waals surface area contributed by atoms with Crippen molar-refractivity contribution >= 4 is 22.7 Å². The lowest BCUT2D eigenvalue weighted by atomic mass is 10.2. The molecule has 0 aliphatic carbocycles. The number of alkyl halides is 3. The van der Waals surface area contributed by atoms with Gasteiger partial charge in [-0.15, -0.1) is 0 Å². The Kier molecular flexibility index (Phi) is 4.12. The second-order valence-corrected chi connectivity index (χ2v) is 6.36. The molecule has 0 radical (unpaired) electrons. The van der Waals surface area contributed by atoms with Gasteiger partial charge in [0, 0.05) is 45.6 Å². The van der Waals surface area contributed by atoms with Crippen LogP contribution in [-0.4, -0.2) is 45.7 Å².